The molecule has 1 N–H and O–H groups in total. The van der Waals surface area contributed by atoms with Crippen molar-refractivity contribution in [3.05, 3.63) is 45.1 Å². The topological polar surface area (TPSA) is 59.8 Å². The Hall–Kier alpha value is -1.83. The van der Waals surface area contributed by atoms with Gasteiger partial charge in [0.15, 0.2) is 11.0 Å². The molecule has 28 heavy (non-hydrogen) atoms. The predicted molar refractivity (Wildman–Crippen MR) is 116 cm³/mol. The van der Waals surface area contributed by atoms with Gasteiger partial charge in [0.25, 0.3) is 0 Å². The Labute approximate surface area is 177 Å². The van der Waals surface area contributed by atoms with Gasteiger partial charge in [-0.2, -0.15) is 0 Å². The summed E-state index contributed by atoms with van der Waals surface area (Å²) in [5, 5.41) is 15.1. The van der Waals surface area contributed by atoms with Crippen LogP contribution in [0.1, 0.15) is 23.8 Å². The van der Waals surface area contributed by atoms with Crippen molar-refractivity contribution in [2.75, 3.05) is 11.1 Å². The standard InChI is InChI=1S/C20H21ClN4OS2/c1-12-6-7-15-16(10-27-17(15)8-12)19-23-24-20(25(19)2)28-11-18(26)22-14-5-3-4-13(21)9-14/h3-5,9-10,12H,6-8,11H2,1-2H3,(H,22,26). The highest BCUT2D eigenvalue weighted by molar-refractivity contribution is 7.99. The number of benzene rings is 1. The largest absolute Gasteiger partial charge is 0.325 e. The molecule has 1 unspecified atom stereocenters. The fraction of sp³-hybridized carbons (Fsp3) is 0.350. The number of amides is 1. The molecule has 0 fully saturated rings. The number of carbonyl (C=O) groups is 1. The molecule has 1 amide bonds. The SMILES string of the molecule is CC1CCc2c(-c3nnc(SCC(=O)Nc4cccc(Cl)c4)n3C)csc2C1. The second-order valence-electron chi connectivity index (χ2n) is 7.11. The Morgan fingerprint density at radius 3 is 3.11 bits per heavy atom. The van der Waals surface area contributed by atoms with Crippen LogP contribution in [-0.2, 0) is 24.7 Å². The number of nitrogens with zero attached hydrogens (tertiary/aromatic N) is 3. The number of nitrogens with one attached hydrogen (secondary N) is 1. The zero-order valence-corrected chi connectivity index (χ0v) is 18.1. The number of anilines is 1. The quantitative estimate of drug-likeness (QED) is 0.573. The number of hydrogen-bond donors (Lipinski definition) is 1. The number of hydrogen-bond acceptors (Lipinski definition) is 5. The van der Waals surface area contributed by atoms with Gasteiger partial charge in [0.1, 0.15) is 0 Å². The number of rotatable bonds is 5. The van der Waals surface area contributed by atoms with Crippen LogP contribution in [0.15, 0.2) is 34.8 Å². The van der Waals surface area contributed by atoms with Gasteiger partial charge in [-0.1, -0.05) is 36.4 Å². The molecule has 1 aliphatic rings. The lowest BCUT2D eigenvalue weighted by Gasteiger charge is -2.18. The maximum atomic E-state index is 12.2. The fourth-order valence-electron chi connectivity index (χ4n) is 3.43. The van der Waals surface area contributed by atoms with Crippen LogP contribution in [0.2, 0.25) is 5.02 Å². The molecule has 0 bridgehead atoms. The van der Waals surface area contributed by atoms with Crippen molar-refractivity contribution in [2.45, 2.75) is 31.3 Å². The first-order chi connectivity index (χ1) is 13.5. The third-order valence-corrected chi connectivity index (χ3v) is 7.22. The fourth-order valence-corrected chi connectivity index (χ4v) is 5.58. The molecule has 1 aromatic carbocycles. The molecule has 146 valence electrons. The second-order valence-corrected chi connectivity index (χ2v) is 9.45. The van der Waals surface area contributed by atoms with Crippen LogP contribution in [0.5, 0.6) is 0 Å². The zero-order valence-electron chi connectivity index (χ0n) is 15.7. The minimum atomic E-state index is -0.0984. The lowest BCUT2D eigenvalue weighted by Crippen LogP contribution is -2.14. The molecule has 8 heteroatoms. The first-order valence-electron chi connectivity index (χ1n) is 9.18. The van der Waals surface area contributed by atoms with Gasteiger partial charge in [-0.3, -0.25) is 4.79 Å². The number of thiophene rings is 1. The second kappa shape index (κ2) is 8.27. The van der Waals surface area contributed by atoms with Crippen LogP contribution in [0.25, 0.3) is 11.4 Å². The third kappa shape index (κ3) is 4.11. The van der Waals surface area contributed by atoms with Crippen LogP contribution in [0.3, 0.4) is 0 Å². The van der Waals surface area contributed by atoms with E-state index in [2.05, 4.69) is 27.8 Å². The summed E-state index contributed by atoms with van der Waals surface area (Å²) < 4.78 is 1.98. The maximum absolute atomic E-state index is 12.2. The molecule has 2 aromatic heterocycles. The Kier molecular flexibility index (Phi) is 5.75. The van der Waals surface area contributed by atoms with Crippen molar-refractivity contribution in [3.63, 3.8) is 0 Å². The van der Waals surface area contributed by atoms with Crippen LogP contribution in [0.4, 0.5) is 5.69 Å². The van der Waals surface area contributed by atoms with E-state index in [1.165, 1.54) is 34.2 Å². The molecule has 1 aliphatic carbocycles. The molecular weight excluding hydrogens is 412 g/mol. The predicted octanol–water partition coefficient (Wildman–Crippen LogP) is 5.05. The molecule has 3 aromatic rings. The number of aromatic nitrogens is 3. The first-order valence-corrected chi connectivity index (χ1v) is 11.4. The van der Waals surface area contributed by atoms with Crippen LogP contribution < -0.4 is 5.32 Å². The van der Waals surface area contributed by atoms with Crippen LogP contribution >= 0.6 is 34.7 Å². The van der Waals surface area contributed by atoms with Gasteiger partial charge in [-0.15, -0.1) is 21.5 Å². The van der Waals surface area contributed by atoms with Gasteiger partial charge < -0.3 is 9.88 Å². The average Bonchev–Trinajstić information content (AvgIpc) is 3.22. The van der Waals surface area contributed by atoms with Gasteiger partial charge in [0, 0.05) is 33.6 Å². The summed E-state index contributed by atoms with van der Waals surface area (Å²) in [6.45, 7) is 2.31. The van der Waals surface area contributed by atoms with Crippen molar-refractivity contribution in [3.8, 4) is 11.4 Å². The van der Waals surface area contributed by atoms with E-state index in [4.69, 9.17) is 11.6 Å². The Morgan fingerprint density at radius 2 is 2.29 bits per heavy atom. The summed E-state index contributed by atoms with van der Waals surface area (Å²) in [7, 11) is 1.96. The molecule has 4 rings (SSSR count). The van der Waals surface area contributed by atoms with Crippen molar-refractivity contribution in [1.29, 1.82) is 0 Å². The Morgan fingerprint density at radius 1 is 1.43 bits per heavy atom. The Balaban J connectivity index is 1.44. The van der Waals surface area contributed by atoms with E-state index in [0.29, 0.717) is 10.7 Å². The van der Waals surface area contributed by atoms with Gasteiger partial charge in [-0.25, -0.2) is 0 Å². The lowest BCUT2D eigenvalue weighted by atomic mass is 9.88. The highest BCUT2D eigenvalue weighted by Gasteiger charge is 2.23. The minimum absolute atomic E-state index is 0.0984. The van der Waals surface area contributed by atoms with E-state index in [-0.39, 0.29) is 11.7 Å². The number of halogens is 1. The number of fused-ring (bicyclic) bond motifs is 1. The molecule has 5 nitrogen and oxygen atoms in total. The maximum Gasteiger partial charge on any atom is 0.234 e. The molecule has 0 radical (unpaired) electrons. The highest BCUT2D eigenvalue weighted by atomic mass is 35.5. The van der Waals surface area contributed by atoms with E-state index < -0.39 is 0 Å². The summed E-state index contributed by atoms with van der Waals surface area (Å²) in [4.78, 5) is 13.7. The van der Waals surface area contributed by atoms with Crippen molar-refractivity contribution in [1.82, 2.24) is 14.8 Å². The minimum Gasteiger partial charge on any atom is -0.325 e. The van der Waals surface area contributed by atoms with Crippen molar-refractivity contribution in [2.24, 2.45) is 13.0 Å². The van der Waals surface area contributed by atoms with Gasteiger partial charge >= 0.3 is 0 Å². The molecule has 0 aliphatic heterocycles. The molecule has 0 saturated carbocycles. The number of thioether (sulfide) groups is 1. The van der Waals surface area contributed by atoms with Gasteiger partial charge in [0.2, 0.25) is 5.91 Å². The molecule has 0 saturated heterocycles. The van der Waals surface area contributed by atoms with Crippen molar-refractivity contribution < 1.29 is 4.79 Å². The molecule has 1 atom stereocenters. The normalized spacial score (nSPS) is 16.0. The van der Waals surface area contributed by atoms with E-state index >= 15 is 0 Å². The van der Waals surface area contributed by atoms with E-state index in [1.807, 2.05) is 35.1 Å². The summed E-state index contributed by atoms with van der Waals surface area (Å²) in [6.07, 6.45) is 3.48. The third-order valence-electron chi connectivity index (χ3n) is 4.92. The van der Waals surface area contributed by atoms with Crippen molar-refractivity contribution >= 4 is 46.3 Å². The molecular formula is C20H21ClN4OS2. The van der Waals surface area contributed by atoms with E-state index in [9.17, 15) is 4.79 Å². The summed E-state index contributed by atoms with van der Waals surface area (Å²) in [5.74, 6) is 1.80. The number of carbonyl (C=O) groups excluding carboxylic acids is 1. The highest BCUT2D eigenvalue weighted by Crippen LogP contribution is 2.38. The first kappa shape index (κ1) is 19.5. The van der Waals surface area contributed by atoms with Crippen LogP contribution in [-0.4, -0.2) is 26.4 Å². The van der Waals surface area contributed by atoms with Gasteiger partial charge in [0.05, 0.1) is 5.75 Å². The summed E-state index contributed by atoms with van der Waals surface area (Å²) >= 11 is 9.16. The lowest BCUT2D eigenvalue weighted by molar-refractivity contribution is -0.113. The smallest absolute Gasteiger partial charge is 0.234 e. The van der Waals surface area contributed by atoms with E-state index in [0.717, 1.165) is 29.7 Å². The Bertz CT molecular complexity index is 1010. The van der Waals surface area contributed by atoms with Crippen LogP contribution in [0, 0.1) is 5.92 Å². The molecule has 0 spiro atoms. The monoisotopic (exact) mass is 432 g/mol. The molecule has 2 heterocycles. The van der Waals surface area contributed by atoms with E-state index in [1.54, 1.807) is 12.1 Å². The average molecular weight is 433 g/mol. The van der Waals surface area contributed by atoms with Gasteiger partial charge in [-0.05, 0) is 48.9 Å². The summed E-state index contributed by atoms with van der Waals surface area (Å²) in [6, 6.07) is 7.12. The zero-order chi connectivity index (χ0) is 19.7. The summed E-state index contributed by atoms with van der Waals surface area (Å²) in [5.41, 5.74) is 3.31.